The van der Waals surface area contributed by atoms with E-state index >= 15 is 0 Å². The summed E-state index contributed by atoms with van der Waals surface area (Å²) in [7, 11) is 3.35. The maximum Gasteiger partial charge on any atom is 0.132 e. The van der Waals surface area contributed by atoms with Gasteiger partial charge in [0.1, 0.15) is 11.5 Å². The predicted molar refractivity (Wildman–Crippen MR) is 68.7 cm³/mol. The average molecular weight is 241 g/mol. The molecule has 1 aromatic carbocycles. The van der Waals surface area contributed by atoms with Crippen LogP contribution >= 0.6 is 11.8 Å². The molecule has 0 heterocycles. The Labute approximate surface area is 101 Å². The van der Waals surface area contributed by atoms with Crippen molar-refractivity contribution in [2.45, 2.75) is 24.3 Å². The van der Waals surface area contributed by atoms with Crippen LogP contribution < -0.4 is 15.2 Å². The van der Waals surface area contributed by atoms with Gasteiger partial charge in [0.05, 0.1) is 19.1 Å². The van der Waals surface area contributed by atoms with Crippen molar-refractivity contribution in [2.24, 2.45) is 5.73 Å². The molecule has 0 aliphatic carbocycles. The Morgan fingerprint density at radius 3 is 2.31 bits per heavy atom. The topological polar surface area (TPSA) is 44.5 Å². The Balaban J connectivity index is 3.15. The Bertz CT molecular complexity index is 353. The highest BCUT2D eigenvalue weighted by Gasteiger charge is 2.11. The first-order valence-corrected chi connectivity index (χ1v) is 6.39. The van der Waals surface area contributed by atoms with Crippen molar-refractivity contribution < 1.29 is 9.47 Å². The Kier molecular flexibility index (Phi) is 4.96. The quantitative estimate of drug-likeness (QED) is 0.804. The monoisotopic (exact) mass is 241 g/mol. The highest BCUT2D eigenvalue weighted by atomic mass is 32.2. The van der Waals surface area contributed by atoms with Gasteiger partial charge in [-0.1, -0.05) is 0 Å². The summed E-state index contributed by atoms with van der Waals surface area (Å²) in [4.78, 5) is 1.08. The van der Waals surface area contributed by atoms with Crippen molar-refractivity contribution in [3.05, 3.63) is 17.7 Å². The molecule has 0 saturated carbocycles. The molecule has 0 radical (unpaired) electrons. The van der Waals surface area contributed by atoms with E-state index in [0.717, 1.165) is 28.4 Å². The van der Waals surface area contributed by atoms with Gasteiger partial charge in [0.2, 0.25) is 0 Å². The van der Waals surface area contributed by atoms with Crippen LogP contribution in [0.5, 0.6) is 11.5 Å². The molecular formula is C12H19NO2S. The summed E-state index contributed by atoms with van der Waals surface area (Å²) < 4.78 is 10.7. The fraction of sp³-hybridized carbons (Fsp3) is 0.500. The van der Waals surface area contributed by atoms with Crippen LogP contribution in [0.4, 0.5) is 0 Å². The lowest BCUT2D eigenvalue weighted by molar-refractivity contribution is 0.389. The third-order valence-electron chi connectivity index (χ3n) is 2.33. The molecule has 0 amide bonds. The lowest BCUT2D eigenvalue weighted by atomic mass is 10.1. The van der Waals surface area contributed by atoms with Crippen molar-refractivity contribution in [3.63, 3.8) is 0 Å². The molecular weight excluding hydrogens is 222 g/mol. The predicted octanol–water partition coefficient (Wildman–Crippen LogP) is 2.32. The van der Waals surface area contributed by atoms with Gasteiger partial charge in [-0.3, -0.25) is 0 Å². The Morgan fingerprint density at radius 2 is 1.88 bits per heavy atom. The molecule has 0 bridgehead atoms. The van der Waals surface area contributed by atoms with E-state index in [0.29, 0.717) is 0 Å². The summed E-state index contributed by atoms with van der Waals surface area (Å²) in [6.07, 6.45) is 2.80. The van der Waals surface area contributed by atoms with Crippen molar-refractivity contribution in [2.75, 3.05) is 20.5 Å². The van der Waals surface area contributed by atoms with Crippen LogP contribution in [0.2, 0.25) is 0 Å². The summed E-state index contributed by atoms with van der Waals surface area (Å²) in [5, 5.41) is 0. The lowest BCUT2D eigenvalue weighted by Crippen LogP contribution is -2.18. The summed E-state index contributed by atoms with van der Waals surface area (Å²) in [5.41, 5.74) is 6.90. The highest BCUT2D eigenvalue weighted by molar-refractivity contribution is 7.98. The third-order valence-corrected chi connectivity index (χ3v) is 3.09. The second-order valence-corrected chi connectivity index (χ2v) is 4.55. The molecule has 0 spiro atoms. The molecule has 0 aromatic heterocycles. The number of rotatable bonds is 5. The van der Waals surface area contributed by atoms with Crippen LogP contribution in [-0.2, 0) is 6.42 Å². The normalized spacial score (nSPS) is 12.3. The Morgan fingerprint density at radius 1 is 1.25 bits per heavy atom. The van der Waals surface area contributed by atoms with E-state index in [-0.39, 0.29) is 6.04 Å². The fourth-order valence-electron chi connectivity index (χ4n) is 1.60. The SMILES string of the molecule is COc1cc(SC)c(OC)cc1C[C@@H](C)N. The number of methoxy groups -OCH3 is 2. The van der Waals surface area contributed by atoms with Crippen molar-refractivity contribution in [1.82, 2.24) is 0 Å². The van der Waals surface area contributed by atoms with Crippen LogP contribution in [0, 0.1) is 0 Å². The zero-order valence-corrected chi connectivity index (χ0v) is 11.1. The zero-order valence-electron chi connectivity index (χ0n) is 10.2. The van der Waals surface area contributed by atoms with Crippen molar-refractivity contribution in [3.8, 4) is 11.5 Å². The van der Waals surface area contributed by atoms with Crippen molar-refractivity contribution in [1.29, 1.82) is 0 Å². The van der Waals surface area contributed by atoms with Crippen LogP contribution in [0.15, 0.2) is 17.0 Å². The van der Waals surface area contributed by atoms with Gasteiger partial charge in [-0.2, -0.15) is 0 Å². The van der Waals surface area contributed by atoms with Gasteiger partial charge in [0.15, 0.2) is 0 Å². The summed E-state index contributed by atoms with van der Waals surface area (Å²) in [6, 6.07) is 4.12. The minimum Gasteiger partial charge on any atom is -0.496 e. The number of benzene rings is 1. The van der Waals surface area contributed by atoms with E-state index in [2.05, 4.69) is 0 Å². The van der Waals surface area contributed by atoms with E-state index in [1.807, 2.05) is 25.3 Å². The summed E-state index contributed by atoms with van der Waals surface area (Å²) in [6.45, 7) is 1.98. The van der Waals surface area contributed by atoms with Gasteiger partial charge in [-0.25, -0.2) is 0 Å². The van der Waals surface area contributed by atoms with Crippen LogP contribution in [-0.4, -0.2) is 26.5 Å². The number of hydrogen-bond donors (Lipinski definition) is 1. The first-order chi connectivity index (χ1) is 7.62. The summed E-state index contributed by atoms with van der Waals surface area (Å²) in [5.74, 6) is 1.76. The standard InChI is InChI=1S/C12H19NO2S/c1-8(13)5-9-6-11(15-3)12(16-4)7-10(9)14-2/h6-8H,5,13H2,1-4H3/t8-/m1/s1. The molecule has 90 valence electrons. The number of thioether (sulfide) groups is 1. The number of nitrogens with two attached hydrogens (primary N) is 1. The molecule has 2 N–H and O–H groups in total. The van der Waals surface area contributed by atoms with Crippen LogP contribution in [0.1, 0.15) is 12.5 Å². The molecule has 0 aliphatic heterocycles. The first-order valence-electron chi connectivity index (χ1n) is 5.16. The number of hydrogen-bond acceptors (Lipinski definition) is 4. The van der Waals surface area contributed by atoms with Crippen molar-refractivity contribution >= 4 is 11.8 Å². The average Bonchev–Trinajstić information content (AvgIpc) is 2.27. The largest absolute Gasteiger partial charge is 0.496 e. The lowest BCUT2D eigenvalue weighted by Gasteiger charge is -2.15. The van der Waals surface area contributed by atoms with Gasteiger partial charge in [0.25, 0.3) is 0 Å². The maximum absolute atomic E-state index is 5.81. The fourth-order valence-corrected chi connectivity index (χ4v) is 2.17. The second-order valence-electron chi connectivity index (χ2n) is 3.70. The van der Waals surface area contributed by atoms with Gasteiger partial charge in [-0.15, -0.1) is 11.8 Å². The first kappa shape index (κ1) is 13.2. The molecule has 16 heavy (non-hydrogen) atoms. The molecule has 0 aliphatic rings. The maximum atomic E-state index is 5.81. The molecule has 0 unspecified atom stereocenters. The minimum atomic E-state index is 0.110. The van der Waals surface area contributed by atoms with E-state index in [4.69, 9.17) is 15.2 Å². The molecule has 1 rings (SSSR count). The van der Waals surface area contributed by atoms with E-state index < -0.39 is 0 Å². The van der Waals surface area contributed by atoms with Gasteiger partial charge in [0, 0.05) is 6.04 Å². The van der Waals surface area contributed by atoms with Gasteiger partial charge in [-0.05, 0) is 37.3 Å². The highest BCUT2D eigenvalue weighted by Crippen LogP contribution is 2.34. The van der Waals surface area contributed by atoms with E-state index in [1.54, 1.807) is 26.0 Å². The van der Waals surface area contributed by atoms with E-state index in [1.165, 1.54) is 0 Å². The van der Waals surface area contributed by atoms with Gasteiger partial charge < -0.3 is 15.2 Å². The molecule has 4 heteroatoms. The molecule has 0 saturated heterocycles. The molecule has 1 aromatic rings. The van der Waals surface area contributed by atoms with Crippen LogP contribution in [0.3, 0.4) is 0 Å². The molecule has 3 nitrogen and oxygen atoms in total. The smallest absolute Gasteiger partial charge is 0.132 e. The number of ether oxygens (including phenoxy) is 2. The molecule has 0 fully saturated rings. The third kappa shape index (κ3) is 3.06. The Hall–Kier alpha value is -0.870. The molecule has 1 atom stereocenters. The zero-order chi connectivity index (χ0) is 12.1. The summed E-state index contributed by atoms with van der Waals surface area (Å²) >= 11 is 1.64. The van der Waals surface area contributed by atoms with E-state index in [9.17, 15) is 0 Å². The van der Waals surface area contributed by atoms with Gasteiger partial charge >= 0.3 is 0 Å². The minimum absolute atomic E-state index is 0.110. The van der Waals surface area contributed by atoms with Crippen LogP contribution in [0.25, 0.3) is 0 Å². The second kappa shape index (κ2) is 6.01.